The van der Waals surface area contributed by atoms with E-state index in [9.17, 15) is 4.79 Å². The van der Waals surface area contributed by atoms with Gasteiger partial charge in [0.2, 0.25) is 4.96 Å². The maximum absolute atomic E-state index is 11.7. The van der Waals surface area contributed by atoms with Crippen LogP contribution in [0, 0.1) is 6.92 Å². The predicted molar refractivity (Wildman–Crippen MR) is 67.3 cm³/mol. The van der Waals surface area contributed by atoms with Gasteiger partial charge >= 0.3 is 0 Å². The van der Waals surface area contributed by atoms with Crippen molar-refractivity contribution in [2.75, 3.05) is 0 Å². The minimum Gasteiger partial charge on any atom is -0.465 e. The van der Waals surface area contributed by atoms with Crippen LogP contribution in [0.5, 0.6) is 0 Å². The van der Waals surface area contributed by atoms with E-state index in [1.807, 2.05) is 6.07 Å². The van der Waals surface area contributed by atoms with Crippen molar-refractivity contribution in [3.63, 3.8) is 0 Å². The fourth-order valence-corrected chi connectivity index (χ4v) is 2.15. The molecule has 0 atom stereocenters. The van der Waals surface area contributed by atoms with Crippen molar-refractivity contribution in [3.8, 4) is 0 Å². The molecular formula is C11H8N4O2S. The molecule has 3 rings (SSSR count). The average Bonchev–Trinajstić information content (AvgIpc) is 3.00. The van der Waals surface area contributed by atoms with Crippen LogP contribution >= 0.6 is 11.3 Å². The predicted octanol–water partition coefficient (Wildman–Crippen LogP) is 1.62. The van der Waals surface area contributed by atoms with E-state index in [1.54, 1.807) is 31.4 Å². The summed E-state index contributed by atoms with van der Waals surface area (Å²) in [6.45, 7) is 1.61. The Bertz CT molecular complexity index is 770. The van der Waals surface area contributed by atoms with Crippen LogP contribution in [0.25, 0.3) is 17.1 Å². The summed E-state index contributed by atoms with van der Waals surface area (Å²) < 4.78 is 6.42. The second-order valence-corrected chi connectivity index (χ2v) is 4.56. The normalized spacial score (nSPS) is 11.6. The summed E-state index contributed by atoms with van der Waals surface area (Å²) in [5.74, 6) is 0.726. The Kier molecular flexibility index (Phi) is 2.52. The largest absolute Gasteiger partial charge is 0.465 e. The number of aromatic nitrogens is 4. The van der Waals surface area contributed by atoms with Gasteiger partial charge in [-0.05, 0) is 31.2 Å². The third-order valence-electron chi connectivity index (χ3n) is 2.30. The van der Waals surface area contributed by atoms with Gasteiger partial charge in [0.15, 0.2) is 0 Å². The fraction of sp³-hybridized carbons (Fsp3) is 0.0909. The summed E-state index contributed by atoms with van der Waals surface area (Å²) in [4.78, 5) is 12.2. The summed E-state index contributed by atoms with van der Waals surface area (Å²) in [6.07, 6.45) is 5.15. The van der Waals surface area contributed by atoms with E-state index >= 15 is 0 Å². The summed E-state index contributed by atoms with van der Waals surface area (Å²) in [5.41, 5.74) is 0.0910. The molecule has 18 heavy (non-hydrogen) atoms. The van der Waals surface area contributed by atoms with Crippen molar-refractivity contribution in [2.45, 2.75) is 6.92 Å². The van der Waals surface area contributed by atoms with Gasteiger partial charge in [-0.25, -0.2) is 0 Å². The molecule has 0 N–H and O–H groups in total. The van der Waals surface area contributed by atoms with Gasteiger partial charge in [0, 0.05) is 0 Å². The van der Waals surface area contributed by atoms with Crippen molar-refractivity contribution in [1.29, 1.82) is 0 Å². The van der Waals surface area contributed by atoms with Crippen molar-refractivity contribution < 1.29 is 4.42 Å². The molecule has 0 aliphatic heterocycles. The van der Waals surface area contributed by atoms with Gasteiger partial charge in [-0.1, -0.05) is 11.3 Å². The van der Waals surface area contributed by atoms with Crippen LogP contribution in [-0.2, 0) is 0 Å². The molecule has 0 unspecified atom stereocenters. The van der Waals surface area contributed by atoms with Gasteiger partial charge < -0.3 is 4.42 Å². The van der Waals surface area contributed by atoms with Crippen LogP contribution in [0.15, 0.2) is 27.6 Å². The molecular weight excluding hydrogens is 252 g/mol. The lowest BCUT2D eigenvalue weighted by atomic mass is 10.4. The molecule has 0 spiro atoms. The zero-order valence-corrected chi connectivity index (χ0v) is 10.2. The highest BCUT2D eigenvalue weighted by Crippen LogP contribution is 2.14. The molecule has 0 aliphatic rings. The summed E-state index contributed by atoms with van der Waals surface area (Å²) in [5, 5.41) is 12.5. The molecule has 90 valence electrons. The van der Waals surface area contributed by atoms with Gasteiger partial charge in [0.05, 0.1) is 6.26 Å². The summed E-state index contributed by atoms with van der Waals surface area (Å²) >= 11 is 1.29. The van der Waals surface area contributed by atoms with Crippen LogP contribution in [0.2, 0.25) is 0 Å². The molecule has 7 heteroatoms. The SMILES string of the molecule is Cc1nnc2sc(/C=C/c3ccco3)nn2c1=O. The van der Waals surface area contributed by atoms with Gasteiger partial charge in [-0.2, -0.15) is 9.61 Å². The van der Waals surface area contributed by atoms with E-state index < -0.39 is 0 Å². The van der Waals surface area contributed by atoms with E-state index in [0.29, 0.717) is 15.7 Å². The third kappa shape index (κ3) is 1.84. The van der Waals surface area contributed by atoms with Crippen molar-refractivity contribution in [2.24, 2.45) is 0 Å². The first-order valence-electron chi connectivity index (χ1n) is 5.19. The van der Waals surface area contributed by atoms with Crippen LogP contribution in [0.4, 0.5) is 0 Å². The fourth-order valence-electron chi connectivity index (χ4n) is 1.41. The molecule has 0 radical (unpaired) electrons. The van der Waals surface area contributed by atoms with Gasteiger partial charge in [0.1, 0.15) is 16.5 Å². The zero-order chi connectivity index (χ0) is 12.5. The van der Waals surface area contributed by atoms with Crippen molar-refractivity contribution in [3.05, 3.63) is 45.2 Å². The Balaban J connectivity index is 2.04. The lowest BCUT2D eigenvalue weighted by Gasteiger charge is -1.88. The second-order valence-electron chi connectivity index (χ2n) is 3.57. The molecule has 3 aromatic rings. The van der Waals surface area contributed by atoms with Crippen molar-refractivity contribution in [1.82, 2.24) is 19.8 Å². The molecule has 6 nitrogen and oxygen atoms in total. The molecule has 0 bridgehead atoms. The van der Waals surface area contributed by atoms with Gasteiger partial charge in [0.25, 0.3) is 5.56 Å². The van der Waals surface area contributed by atoms with E-state index in [-0.39, 0.29) is 5.56 Å². The number of rotatable bonds is 2. The zero-order valence-electron chi connectivity index (χ0n) is 9.40. The number of nitrogens with zero attached hydrogens (tertiary/aromatic N) is 4. The van der Waals surface area contributed by atoms with Gasteiger partial charge in [-0.15, -0.1) is 10.2 Å². The Morgan fingerprint density at radius 1 is 1.39 bits per heavy atom. The standard InChI is InChI=1S/C11H8N4O2S/c1-7-10(16)15-11(13-12-7)18-9(14-15)5-4-8-3-2-6-17-8/h2-6H,1H3/b5-4+. The summed E-state index contributed by atoms with van der Waals surface area (Å²) in [7, 11) is 0. The molecule has 0 amide bonds. The van der Waals surface area contributed by atoms with Crippen LogP contribution < -0.4 is 5.56 Å². The first-order valence-corrected chi connectivity index (χ1v) is 6.00. The van der Waals surface area contributed by atoms with Crippen LogP contribution in [-0.4, -0.2) is 19.8 Å². The van der Waals surface area contributed by atoms with E-state index in [1.165, 1.54) is 15.9 Å². The molecule has 0 aliphatic carbocycles. The highest BCUT2D eigenvalue weighted by molar-refractivity contribution is 7.17. The number of aryl methyl sites for hydroxylation is 1. The molecule has 3 heterocycles. The van der Waals surface area contributed by atoms with E-state index in [2.05, 4.69) is 15.3 Å². The van der Waals surface area contributed by atoms with Gasteiger partial charge in [-0.3, -0.25) is 4.79 Å². The maximum atomic E-state index is 11.7. The molecule has 0 aromatic carbocycles. The Morgan fingerprint density at radius 3 is 3.06 bits per heavy atom. The van der Waals surface area contributed by atoms with E-state index in [4.69, 9.17) is 4.42 Å². The lowest BCUT2D eigenvalue weighted by Crippen LogP contribution is -2.19. The molecule has 3 aromatic heterocycles. The average molecular weight is 260 g/mol. The molecule has 0 saturated heterocycles. The van der Waals surface area contributed by atoms with E-state index in [0.717, 1.165) is 5.76 Å². The smallest absolute Gasteiger partial charge is 0.296 e. The molecule has 0 saturated carbocycles. The number of furan rings is 1. The minimum atomic E-state index is -0.242. The van der Waals surface area contributed by atoms with Crippen LogP contribution in [0.3, 0.4) is 0 Å². The summed E-state index contributed by atoms with van der Waals surface area (Å²) in [6, 6.07) is 3.64. The number of hydrogen-bond acceptors (Lipinski definition) is 6. The Morgan fingerprint density at radius 2 is 2.28 bits per heavy atom. The minimum absolute atomic E-state index is 0.242. The number of fused-ring (bicyclic) bond motifs is 1. The monoisotopic (exact) mass is 260 g/mol. The lowest BCUT2D eigenvalue weighted by molar-refractivity contribution is 0.557. The quantitative estimate of drug-likeness (QED) is 0.700. The topological polar surface area (TPSA) is 73.3 Å². The number of hydrogen-bond donors (Lipinski definition) is 0. The first-order chi connectivity index (χ1) is 8.74. The highest BCUT2D eigenvalue weighted by Gasteiger charge is 2.07. The highest BCUT2D eigenvalue weighted by atomic mass is 32.1. The Hall–Kier alpha value is -2.28. The maximum Gasteiger partial charge on any atom is 0.296 e. The molecule has 0 fully saturated rings. The van der Waals surface area contributed by atoms with Crippen LogP contribution in [0.1, 0.15) is 16.5 Å². The Labute approximate surface area is 105 Å². The third-order valence-corrected chi connectivity index (χ3v) is 3.16. The van der Waals surface area contributed by atoms with Crippen molar-refractivity contribution >= 4 is 28.4 Å². The first kappa shape index (κ1) is 10.8. The second kappa shape index (κ2) is 4.19.